The number of rotatable bonds is 9. The van der Waals surface area contributed by atoms with Crippen molar-refractivity contribution in [2.45, 2.75) is 56.9 Å². The zero-order valence-electron chi connectivity index (χ0n) is 17.4. The normalized spacial score (nSPS) is 17.1. The molecule has 30 heavy (non-hydrogen) atoms. The van der Waals surface area contributed by atoms with Crippen LogP contribution in [0.25, 0.3) is 0 Å². The van der Waals surface area contributed by atoms with Crippen molar-refractivity contribution >= 4 is 24.2 Å². The van der Waals surface area contributed by atoms with E-state index in [1.165, 1.54) is 36.1 Å². The predicted molar refractivity (Wildman–Crippen MR) is 122 cm³/mol. The van der Waals surface area contributed by atoms with Crippen LogP contribution in [0.15, 0.2) is 54.6 Å². The molecule has 2 amide bonds. The Morgan fingerprint density at radius 2 is 1.33 bits per heavy atom. The summed E-state index contributed by atoms with van der Waals surface area (Å²) in [5.41, 5.74) is 2.67. The summed E-state index contributed by atoms with van der Waals surface area (Å²) in [4.78, 5) is 26.2. The van der Waals surface area contributed by atoms with E-state index in [9.17, 15) is 9.59 Å². The van der Waals surface area contributed by atoms with Gasteiger partial charge >= 0.3 is 0 Å². The Morgan fingerprint density at radius 1 is 0.767 bits per heavy atom. The molecule has 4 nitrogen and oxygen atoms in total. The van der Waals surface area contributed by atoms with Crippen LogP contribution in [0.5, 0.6) is 0 Å². The molecule has 1 fully saturated rings. The smallest absolute Gasteiger partial charge is 0.261 e. The summed E-state index contributed by atoms with van der Waals surface area (Å²) in [6, 6.07) is 18.0. The summed E-state index contributed by atoms with van der Waals surface area (Å²) in [7, 11) is 0. The predicted octanol–water partition coefficient (Wildman–Crippen LogP) is 5.32. The summed E-state index contributed by atoms with van der Waals surface area (Å²) in [6.45, 7) is 1.54. The first kappa shape index (κ1) is 22.5. The monoisotopic (exact) mass is 426 g/mol. The van der Waals surface area contributed by atoms with Crippen LogP contribution >= 0.6 is 12.4 Å². The van der Waals surface area contributed by atoms with Gasteiger partial charge in [-0.2, -0.15) is 0 Å². The molecule has 1 aliphatic heterocycles. The van der Waals surface area contributed by atoms with E-state index in [1.54, 1.807) is 12.1 Å². The molecule has 4 rings (SSSR count). The van der Waals surface area contributed by atoms with Crippen molar-refractivity contribution in [2.24, 2.45) is 0 Å². The Balaban J connectivity index is 0.00000256. The molecule has 0 unspecified atom stereocenters. The number of hydrogen-bond acceptors (Lipinski definition) is 3. The van der Waals surface area contributed by atoms with E-state index in [1.807, 2.05) is 12.1 Å². The fourth-order valence-electron chi connectivity index (χ4n) is 4.82. The lowest BCUT2D eigenvalue weighted by atomic mass is 9.88. The second kappa shape index (κ2) is 10.2. The van der Waals surface area contributed by atoms with Crippen LogP contribution in [0, 0.1) is 0 Å². The lowest BCUT2D eigenvalue weighted by Gasteiger charge is -2.31. The Bertz CT molecular complexity index is 827. The minimum Gasteiger partial charge on any atom is -0.307 e. The molecular weight excluding hydrogens is 396 g/mol. The molecule has 5 heteroatoms. The van der Waals surface area contributed by atoms with Crippen molar-refractivity contribution < 1.29 is 9.59 Å². The third kappa shape index (κ3) is 4.60. The van der Waals surface area contributed by atoms with E-state index in [-0.39, 0.29) is 29.8 Å². The molecule has 0 aromatic heterocycles. The van der Waals surface area contributed by atoms with E-state index < -0.39 is 0 Å². The minimum atomic E-state index is -0.140. The van der Waals surface area contributed by atoms with E-state index >= 15 is 0 Å². The molecule has 1 aliphatic carbocycles. The number of benzene rings is 2. The zero-order valence-corrected chi connectivity index (χ0v) is 18.3. The maximum absolute atomic E-state index is 12.4. The molecule has 1 saturated carbocycles. The molecule has 2 aromatic carbocycles. The highest BCUT2D eigenvalue weighted by Gasteiger charge is 2.35. The largest absolute Gasteiger partial charge is 0.307 e. The van der Waals surface area contributed by atoms with Crippen LogP contribution in [0.3, 0.4) is 0 Å². The standard InChI is InChI=1S/C25H30N2O2.ClH/c28-23-21-14-6-7-15-22(21)24(29)27(23)19-11-2-1-10-18-26-25(16-8-9-17-25)20-12-4-3-5-13-20;/h3-7,12-15,26H,1-2,8-11,16-19H2;1H. The average Bonchev–Trinajstić information content (AvgIpc) is 3.34. The number of amides is 2. The van der Waals surface area contributed by atoms with Gasteiger partial charge in [0.25, 0.3) is 11.8 Å². The van der Waals surface area contributed by atoms with Crippen molar-refractivity contribution in [1.29, 1.82) is 0 Å². The van der Waals surface area contributed by atoms with Crippen molar-refractivity contribution in [3.63, 3.8) is 0 Å². The number of nitrogens with zero attached hydrogens (tertiary/aromatic N) is 1. The maximum Gasteiger partial charge on any atom is 0.261 e. The topological polar surface area (TPSA) is 49.4 Å². The number of carbonyl (C=O) groups excluding carboxylic acids is 2. The number of nitrogens with one attached hydrogen (secondary N) is 1. The molecule has 0 saturated heterocycles. The molecule has 0 atom stereocenters. The van der Waals surface area contributed by atoms with Gasteiger partial charge in [0.1, 0.15) is 0 Å². The van der Waals surface area contributed by atoms with Gasteiger partial charge in [-0.05, 0) is 49.9 Å². The summed E-state index contributed by atoms with van der Waals surface area (Å²) < 4.78 is 0. The number of halogens is 1. The van der Waals surface area contributed by atoms with Crippen LogP contribution in [-0.2, 0) is 5.54 Å². The quantitative estimate of drug-likeness (QED) is 0.435. The van der Waals surface area contributed by atoms with E-state index in [2.05, 4.69) is 35.6 Å². The number of carbonyl (C=O) groups is 2. The summed E-state index contributed by atoms with van der Waals surface area (Å²) in [5, 5.41) is 3.85. The van der Waals surface area contributed by atoms with Crippen molar-refractivity contribution in [3.8, 4) is 0 Å². The first-order chi connectivity index (χ1) is 14.2. The van der Waals surface area contributed by atoms with Gasteiger partial charge in [0, 0.05) is 12.1 Å². The van der Waals surface area contributed by atoms with Crippen LogP contribution < -0.4 is 5.32 Å². The van der Waals surface area contributed by atoms with Gasteiger partial charge in [0.2, 0.25) is 0 Å². The van der Waals surface area contributed by atoms with E-state index in [4.69, 9.17) is 0 Å². The number of unbranched alkanes of at least 4 members (excludes halogenated alkanes) is 3. The number of imide groups is 1. The Morgan fingerprint density at radius 3 is 1.97 bits per heavy atom. The molecule has 0 radical (unpaired) electrons. The molecule has 0 bridgehead atoms. The second-order valence-corrected chi connectivity index (χ2v) is 8.30. The van der Waals surface area contributed by atoms with E-state index in [0.717, 1.165) is 32.2 Å². The molecule has 2 aliphatic rings. The van der Waals surface area contributed by atoms with Crippen molar-refractivity contribution in [2.75, 3.05) is 13.1 Å². The maximum atomic E-state index is 12.4. The van der Waals surface area contributed by atoms with E-state index in [0.29, 0.717) is 17.7 Å². The molecular formula is C25H31ClN2O2. The molecule has 0 spiro atoms. The molecule has 160 valence electrons. The van der Waals surface area contributed by atoms with Crippen LogP contribution in [0.2, 0.25) is 0 Å². The van der Waals surface area contributed by atoms with Gasteiger partial charge in [-0.3, -0.25) is 14.5 Å². The van der Waals surface area contributed by atoms with Gasteiger partial charge in [0.05, 0.1) is 11.1 Å². The molecule has 1 N–H and O–H groups in total. The third-order valence-electron chi connectivity index (χ3n) is 6.43. The second-order valence-electron chi connectivity index (χ2n) is 8.30. The average molecular weight is 427 g/mol. The number of fused-ring (bicyclic) bond motifs is 1. The summed E-state index contributed by atoms with van der Waals surface area (Å²) >= 11 is 0. The van der Waals surface area contributed by atoms with Gasteiger partial charge in [0.15, 0.2) is 0 Å². The van der Waals surface area contributed by atoms with Crippen molar-refractivity contribution in [1.82, 2.24) is 10.2 Å². The van der Waals surface area contributed by atoms with Gasteiger partial charge in [-0.1, -0.05) is 68.1 Å². The first-order valence-electron chi connectivity index (χ1n) is 11.0. The Kier molecular flexibility index (Phi) is 7.68. The highest BCUT2D eigenvalue weighted by molar-refractivity contribution is 6.21. The first-order valence-corrected chi connectivity index (χ1v) is 11.0. The lowest BCUT2D eigenvalue weighted by Crippen LogP contribution is -2.40. The lowest BCUT2D eigenvalue weighted by molar-refractivity contribution is 0.0651. The molecule has 1 heterocycles. The fourth-order valence-corrected chi connectivity index (χ4v) is 4.82. The van der Waals surface area contributed by atoms with Gasteiger partial charge in [-0.15, -0.1) is 12.4 Å². The molecule has 2 aromatic rings. The highest BCUT2D eigenvalue weighted by Crippen LogP contribution is 2.38. The Hall–Kier alpha value is -2.17. The van der Waals surface area contributed by atoms with Crippen LogP contribution in [0.1, 0.15) is 77.6 Å². The summed E-state index contributed by atoms with van der Waals surface area (Å²) in [6.07, 6.45) is 9.17. The summed E-state index contributed by atoms with van der Waals surface area (Å²) in [5.74, 6) is -0.281. The minimum absolute atomic E-state index is 0. The third-order valence-corrected chi connectivity index (χ3v) is 6.43. The Labute approximate surface area is 185 Å². The highest BCUT2D eigenvalue weighted by atomic mass is 35.5. The van der Waals surface area contributed by atoms with Gasteiger partial charge in [-0.25, -0.2) is 0 Å². The number of hydrogen-bond donors (Lipinski definition) is 1. The van der Waals surface area contributed by atoms with Crippen LogP contribution in [0.4, 0.5) is 0 Å². The van der Waals surface area contributed by atoms with Crippen molar-refractivity contribution in [3.05, 3.63) is 71.3 Å². The SMILES string of the molecule is Cl.O=C1c2ccccc2C(=O)N1CCCCCCNC1(c2ccccc2)CCCC1. The zero-order chi connectivity index (χ0) is 20.1. The fraction of sp³-hybridized carbons (Fsp3) is 0.440. The van der Waals surface area contributed by atoms with Crippen LogP contribution in [-0.4, -0.2) is 29.8 Å². The van der Waals surface area contributed by atoms with Gasteiger partial charge < -0.3 is 5.32 Å².